The molecule has 0 fully saturated rings. The van der Waals surface area contributed by atoms with Crippen LogP contribution in [0.1, 0.15) is 5.69 Å². The van der Waals surface area contributed by atoms with Gasteiger partial charge in [0.05, 0.1) is 29.5 Å². The van der Waals surface area contributed by atoms with Crippen LogP contribution >= 0.6 is 0 Å². The van der Waals surface area contributed by atoms with Crippen molar-refractivity contribution in [1.82, 2.24) is 14.8 Å². The van der Waals surface area contributed by atoms with Crippen LogP contribution in [0.25, 0.3) is 5.69 Å². The number of pyridine rings is 1. The Bertz CT molecular complexity index is 419. The highest BCUT2D eigenvalue weighted by molar-refractivity contribution is 5.39. The molecule has 0 radical (unpaired) electrons. The van der Waals surface area contributed by atoms with Crippen molar-refractivity contribution in [2.24, 2.45) is 0 Å². The van der Waals surface area contributed by atoms with Crippen LogP contribution in [0.15, 0.2) is 30.7 Å². The number of hydrogen-bond acceptors (Lipinski definition) is 3. The van der Waals surface area contributed by atoms with E-state index in [-0.39, 0.29) is 0 Å². The Morgan fingerprint density at radius 1 is 1.46 bits per heavy atom. The molecular formula is C9H10N4. The molecule has 0 aromatic carbocycles. The second-order valence-corrected chi connectivity index (χ2v) is 2.83. The summed E-state index contributed by atoms with van der Waals surface area (Å²) in [6.45, 7) is 1.94. The molecule has 0 atom stereocenters. The van der Waals surface area contributed by atoms with Gasteiger partial charge in [-0.1, -0.05) is 0 Å². The van der Waals surface area contributed by atoms with Gasteiger partial charge in [-0.05, 0) is 19.1 Å². The molecule has 2 aromatic rings. The summed E-state index contributed by atoms with van der Waals surface area (Å²) in [6.07, 6.45) is 5.14. The van der Waals surface area contributed by atoms with E-state index in [1.54, 1.807) is 23.3 Å². The van der Waals surface area contributed by atoms with Crippen molar-refractivity contribution in [3.63, 3.8) is 0 Å². The minimum absolute atomic E-state index is 0.656. The molecule has 0 bridgehead atoms. The summed E-state index contributed by atoms with van der Waals surface area (Å²) in [6, 6.07) is 3.83. The van der Waals surface area contributed by atoms with Crippen molar-refractivity contribution >= 4 is 5.69 Å². The van der Waals surface area contributed by atoms with Gasteiger partial charge in [0.2, 0.25) is 0 Å². The highest BCUT2D eigenvalue weighted by atomic mass is 15.3. The summed E-state index contributed by atoms with van der Waals surface area (Å²) in [7, 11) is 0. The minimum atomic E-state index is 0.656. The number of hydrogen-bond donors (Lipinski definition) is 1. The molecule has 2 aromatic heterocycles. The van der Waals surface area contributed by atoms with Gasteiger partial charge in [-0.25, -0.2) is 4.68 Å². The van der Waals surface area contributed by atoms with E-state index in [9.17, 15) is 0 Å². The van der Waals surface area contributed by atoms with Crippen molar-refractivity contribution in [3.8, 4) is 5.69 Å². The molecule has 13 heavy (non-hydrogen) atoms. The molecule has 0 saturated heterocycles. The molecule has 4 nitrogen and oxygen atoms in total. The van der Waals surface area contributed by atoms with Gasteiger partial charge in [0.25, 0.3) is 0 Å². The van der Waals surface area contributed by atoms with Crippen LogP contribution in [0.4, 0.5) is 5.69 Å². The van der Waals surface area contributed by atoms with E-state index in [0.29, 0.717) is 5.69 Å². The Labute approximate surface area is 76.0 Å². The predicted molar refractivity (Wildman–Crippen MR) is 50.5 cm³/mol. The number of rotatable bonds is 1. The normalized spacial score (nSPS) is 10.2. The molecule has 0 aliphatic carbocycles. The second kappa shape index (κ2) is 2.90. The third kappa shape index (κ3) is 1.38. The van der Waals surface area contributed by atoms with E-state index in [1.165, 1.54) is 0 Å². The van der Waals surface area contributed by atoms with E-state index >= 15 is 0 Å². The molecular weight excluding hydrogens is 164 g/mol. The largest absolute Gasteiger partial charge is 0.396 e. The monoisotopic (exact) mass is 174 g/mol. The molecule has 2 rings (SSSR count). The van der Waals surface area contributed by atoms with Gasteiger partial charge in [-0.15, -0.1) is 0 Å². The third-order valence-corrected chi connectivity index (χ3v) is 1.83. The first-order valence-electron chi connectivity index (χ1n) is 3.99. The first kappa shape index (κ1) is 7.79. The lowest BCUT2D eigenvalue weighted by molar-refractivity contribution is 0.862. The quantitative estimate of drug-likeness (QED) is 0.705. The van der Waals surface area contributed by atoms with Gasteiger partial charge in [-0.3, -0.25) is 4.98 Å². The molecule has 66 valence electrons. The summed E-state index contributed by atoms with van der Waals surface area (Å²) in [5.41, 5.74) is 8.11. The topological polar surface area (TPSA) is 56.7 Å². The molecule has 0 aliphatic rings. The fraction of sp³-hybridized carbons (Fsp3) is 0.111. The summed E-state index contributed by atoms with van der Waals surface area (Å²) in [5.74, 6) is 0. The van der Waals surface area contributed by atoms with Crippen LogP contribution in [0.2, 0.25) is 0 Å². The van der Waals surface area contributed by atoms with E-state index in [1.807, 2.05) is 19.1 Å². The molecule has 0 aliphatic heterocycles. The zero-order valence-corrected chi connectivity index (χ0v) is 7.31. The van der Waals surface area contributed by atoms with Gasteiger partial charge in [-0.2, -0.15) is 5.10 Å². The predicted octanol–water partition coefficient (Wildman–Crippen LogP) is 1.16. The van der Waals surface area contributed by atoms with Crippen molar-refractivity contribution < 1.29 is 0 Å². The van der Waals surface area contributed by atoms with Crippen LogP contribution in [-0.2, 0) is 0 Å². The highest BCUT2D eigenvalue weighted by Crippen LogP contribution is 2.11. The number of nitrogen functional groups attached to an aromatic ring is 1. The number of aryl methyl sites for hydroxylation is 1. The van der Waals surface area contributed by atoms with E-state index in [4.69, 9.17) is 5.73 Å². The SMILES string of the molecule is Cc1ncccc1-n1cc(N)cn1. The number of anilines is 1. The Kier molecular flexibility index (Phi) is 1.73. The summed E-state index contributed by atoms with van der Waals surface area (Å²) in [4.78, 5) is 4.16. The number of nitrogens with two attached hydrogens (primary N) is 1. The fourth-order valence-electron chi connectivity index (χ4n) is 1.19. The first-order chi connectivity index (χ1) is 6.27. The third-order valence-electron chi connectivity index (χ3n) is 1.83. The zero-order valence-electron chi connectivity index (χ0n) is 7.31. The lowest BCUT2D eigenvalue weighted by Gasteiger charge is -2.02. The number of aromatic nitrogens is 3. The summed E-state index contributed by atoms with van der Waals surface area (Å²) < 4.78 is 1.72. The van der Waals surface area contributed by atoms with Crippen LogP contribution in [-0.4, -0.2) is 14.8 Å². The Hall–Kier alpha value is -1.84. The average molecular weight is 174 g/mol. The van der Waals surface area contributed by atoms with E-state index < -0.39 is 0 Å². The minimum Gasteiger partial charge on any atom is -0.396 e. The molecule has 0 amide bonds. The number of nitrogens with zero attached hydrogens (tertiary/aromatic N) is 3. The van der Waals surface area contributed by atoms with Crippen molar-refractivity contribution in [2.45, 2.75) is 6.92 Å². The maximum atomic E-state index is 5.56. The molecule has 0 unspecified atom stereocenters. The summed E-state index contributed by atoms with van der Waals surface area (Å²) >= 11 is 0. The van der Waals surface area contributed by atoms with Gasteiger partial charge in [0.15, 0.2) is 0 Å². The van der Waals surface area contributed by atoms with Crippen molar-refractivity contribution in [3.05, 3.63) is 36.4 Å². The van der Waals surface area contributed by atoms with E-state index in [0.717, 1.165) is 11.4 Å². The fourth-order valence-corrected chi connectivity index (χ4v) is 1.19. The molecule has 0 spiro atoms. The van der Waals surface area contributed by atoms with Gasteiger partial charge < -0.3 is 5.73 Å². The maximum absolute atomic E-state index is 5.56. The molecule has 2 heterocycles. The van der Waals surface area contributed by atoms with Gasteiger partial charge in [0, 0.05) is 6.20 Å². The standard InChI is InChI=1S/C9H10N4/c1-7-9(3-2-4-11-7)13-6-8(10)5-12-13/h2-6H,10H2,1H3. The van der Waals surface area contributed by atoms with Crippen molar-refractivity contribution in [2.75, 3.05) is 5.73 Å². The van der Waals surface area contributed by atoms with Crippen LogP contribution in [0.5, 0.6) is 0 Å². The molecule has 0 saturated carbocycles. The Morgan fingerprint density at radius 3 is 2.92 bits per heavy atom. The maximum Gasteiger partial charge on any atom is 0.0858 e. The first-order valence-corrected chi connectivity index (χ1v) is 3.99. The van der Waals surface area contributed by atoms with Crippen molar-refractivity contribution in [1.29, 1.82) is 0 Å². The Balaban J connectivity index is 2.52. The smallest absolute Gasteiger partial charge is 0.0858 e. The summed E-state index contributed by atoms with van der Waals surface area (Å²) in [5, 5.41) is 4.10. The lowest BCUT2D eigenvalue weighted by atomic mass is 10.3. The molecule has 2 N–H and O–H groups in total. The van der Waals surface area contributed by atoms with Gasteiger partial charge >= 0.3 is 0 Å². The van der Waals surface area contributed by atoms with Crippen LogP contribution in [0, 0.1) is 6.92 Å². The average Bonchev–Trinajstić information content (AvgIpc) is 2.53. The van der Waals surface area contributed by atoms with Crippen LogP contribution in [0.3, 0.4) is 0 Å². The highest BCUT2D eigenvalue weighted by Gasteiger charge is 2.01. The second-order valence-electron chi connectivity index (χ2n) is 2.83. The zero-order chi connectivity index (χ0) is 9.26. The van der Waals surface area contributed by atoms with E-state index in [2.05, 4.69) is 10.1 Å². The lowest BCUT2D eigenvalue weighted by Crippen LogP contribution is -1.98. The van der Waals surface area contributed by atoms with Gasteiger partial charge in [0.1, 0.15) is 0 Å². The Morgan fingerprint density at radius 2 is 2.31 bits per heavy atom. The molecule has 4 heteroatoms. The van der Waals surface area contributed by atoms with Crippen LogP contribution < -0.4 is 5.73 Å².